The van der Waals surface area contributed by atoms with Crippen LogP contribution in [0.2, 0.25) is 0 Å². The topological polar surface area (TPSA) is 60.8 Å². The van der Waals surface area contributed by atoms with Crippen molar-refractivity contribution < 1.29 is 14.3 Å². The molecule has 0 atom stereocenters. The molecule has 1 amide bonds. The number of allylic oxidation sites excluding steroid dienone is 1. The Morgan fingerprint density at radius 2 is 1.93 bits per heavy atom. The third-order valence-corrected chi connectivity index (χ3v) is 6.79. The number of nitrogens with zero attached hydrogens (tertiary/aromatic N) is 2. The van der Waals surface area contributed by atoms with Gasteiger partial charge in [-0.15, -0.1) is 11.3 Å². The van der Waals surface area contributed by atoms with Crippen molar-refractivity contribution >= 4 is 27.3 Å². The van der Waals surface area contributed by atoms with Crippen molar-refractivity contribution in [2.45, 2.75) is 19.9 Å². The maximum absolute atomic E-state index is 13.1. The fourth-order valence-corrected chi connectivity index (χ4v) is 5.20. The second-order valence-corrected chi connectivity index (χ2v) is 8.51. The van der Waals surface area contributed by atoms with E-state index in [-0.39, 0.29) is 11.5 Å². The second-order valence-electron chi connectivity index (χ2n) is 7.60. The van der Waals surface area contributed by atoms with E-state index in [1.807, 2.05) is 36.7 Å². The fourth-order valence-electron chi connectivity index (χ4n) is 4.24. The Kier molecular flexibility index (Phi) is 4.62. The van der Waals surface area contributed by atoms with E-state index in [0.29, 0.717) is 49.8 Å². The lowest BCUT2D eigenvalue weighted by Gasteiger charge is -2.32. The molecule has 6 nitrogen and oxygen atoms in total. The summed E-state index contributed by atoms with van der Waals surface area (Å²) in [6.45, 7) is 3.59. The average molecular weight is 423 g/mol. The lowest BCUT2D eigenvalue weighted by Crippen LogP contribution is -2.41. The second kappa shape index (κ2) is 7.32. The molecule has 0 bridgehead atoms. The molecule has 0 saturated heterocycles. The molecule has 3 aromatic rings. The molecular weight excluding hydrogens is 400 g/mol. The minimum atomic E-state index is -0.158. The van der Waals surface area contributed by atoms with Gasteiger partial charge in [0, 0.05) is 58.8 Å². The standard InChI is InChI=1S/C23H22N2O4S/c1-14-21(29-10-9-28-14)23(27)25-8-7-19-15(12-25)11-17(22(26)24(19)2)18-13-30-20-6-4-3-5-16(18)20/h3-6,11,13H,7-10,12H2,1-2H3. The van der Waals surface area contributed by atoms with Crippen LogP contribution >= 0.6 is 11.3 Å². The van der Waals surface area contributed by atoms with Gasteiger partial charge in [-0.25, -0.2) is 0 Å². The molecule has 0 radical (unpaired) electrons. The Balaban J connectivity index is 1.55. The number of rotatable bonds is 2. The molecular formula is C23H22N2O4S. The predicted octanol–water partition coefficient (Wildman–Crippen LogP) is 3.43. The molecule has 2 aliphatic rings. The molecule has 154 valence electrons. The third kappa shape index (κ3) is 3.01. The summed E-state index contributed by atoms with van der Waals surface area (Å²) in [6, 6.07) is 10.1. The lowest BCUT2D eigenvalue weighted by molar-refractivity contribution is -0.133. The van der Waals surface area contributed by atoms with Gasteiger partial charge < -0.3 is 18.9 Å². The Labute approximate surface area is 177 Å². The SMILES string of the molecule is CC1=C(C(=O)N2CCc3c(cc(-c4csc5ccccc45)c(=O)n3C)C2)OCCO1. The largest absolute Gasteiger partial charge is 0.491 e. The number of ether oxygens (including phenoxy) is 2. The maximum atomic E-state index is 13.1. The van der Waals surface area contributed by atoms with Crippen molar-refractivity contribution in [2.24, 2.45) is 7.05 Å². The van der Waals surface area contributed by atoms with Crippen LogP contribution in [0.3, 0.4) is 0 Å². The zero-order valence-corrected chi connectivity index (χ0v) is 17.8. The minimum absolute atomic E-state index is 0.000328. The van der Waals surface area contributed by atoms with Crippen molar-refractivity contribution in [3.8, 4) is 11.1 Å². The van der Waals surface area contributed by atoms with E-state index in [9.17, 15) is 9.59 Å². The van der Waals surface area contributed by atoms with Gasteiger partial charge in [0.15, 0.2) is 0 Å². The molecule has 0 unspecified atom stereocenters. The average Bonchev–Trinajstić information content (AvgIpc) is 3.20. The lowest BCUT2D eigenvalue weighted by atomic mass is 9.98. The Morgan fingerprint density at radius 1 is 1.13 bits per heavy atom. The summed E-state index contributed by atoms with van der Waals surface area (Å²) in [4.78, 5) is 27.9. The molecule has 0 N–H and O–H groups in total. The number of benzene rings is 1. The molecule has 0 spiro atoms. The quantitative estimate of drug-likeness (QED) is 0.635. The van der Waals surface area contributed by atoms with Crippen molar-refractivity contribution in [2.75, 3.05) is 19.8 Å². The summed E-state index contributed by atoms with van der Waals surface area (Å²) < 4.78 is 13.9. The molecule has 5 rings (SSSR count). The maximum Gasteiger partial charge on any atom is 0.292 e. The van der Waals surface area contributed by atoms with Crippen LogP contribution in [0, 0.1) is 0 Å². The van der Waals surface area contributed by atoms with E-state index in [4.69, 9.17) is 9.47 Å². The first-order valence-corrected chi connectivity index (χ1v) is 10.9. The van der Waals surface area contributed by atoms with Crippen molar-refractivity contribution in [1.29, 1.82) is 0 Å². The van der Waals surface area contributed by atoms with Gasteiger partial charge in [0.2, 0.25) is 5.76 Å². The molecule has 2 aromatic heterocycles. The van der Waals surface area contributed by atoms with Gasteiger partial charge in [-0.3, -0.25) is 9.59 Å². The molecule has 0 aliphatic carbocycles. The zero-order chi connectivity index (χ0) is 20.8. The smallest absolute Gasteiger partial charge is 0.292 e. The third-order valence-electron chi connectivity index (χ3n) is 5.83. The van der Waals surface area contributed by atoms with Crippen LogP contribution in [0.25, 0.3) is 21.2 Å². The Morgan fingerprint density at radius 3 is 2.77 bits per heavy atom. The summed E-state index contributed by atoms with van der Waals surface area (Å²) in [5.41, 5.74) is 3.61. The summed E-state index contributed by atoms with van der Waals surface area (Å²) in [6.07, 6.45) is 0.630. The minimum Gasteiger partial charge on any atom is -0.491 e. The Hall–Kier alpha value is -3.06. The monoisotopic (exact) mass is 422 g/mol. The number of pyridine rings is 1. The van der Waals surface area contributed by atoms with E-state index >= 15 is 0 Å². The highest BCUT2D eigenvalue weighted by Crippen LogP contribution is 2.34. The van der Waals surface area contributed by atoms with Crippen molar-refractivity contribution in [3.05, 3.63) is 68.8 Å². The number of fused-ring (bicyclic) bond motifs is 2. The molecule has 30 heavy (non-hydrogen) atoms. The van der Waals surface area contributed by atoms with Gasteiger partial charge in [0.05, 0.1) is 0 Å². The first-order chi connectivity index (χ1) is 14.5. The molecule has 0 fully saturated rings. The van der Waals surface area contributed by atoms with Crippen molar-refractivity contribution in [3.63, 3.8) is 0 Å². The van der Waals surface area contributed by atoms with E-state index in [0.717, 1.165) is 26.9 Å². The van der Waals surface area contributed by atoms with Gasteiger partial charge in [0.1, 0.15) is 19.0 Å². The van der Waals surface area contributed by atoms with Gasteiger partial charge in [-0.05, 0) is 24.6 Å². The van der Waals surface area contributed by atoms with Crippen LogP contribution in [-0.4, -0.2) is 35.1 Å². The van der Waals surface area contributed by atoms with Crippen molar-refractivity contribution in [1.82, 2.24) is 9.47 Å². The highest BCUT2D eigenvalue weighted by Gasteiger charge is 2.29. The summed E-state index contributed by atoms with van der Waals surface area (Å²) in [5.74, 6) is 0.663. The first kappa shape index (κ1) is 18.9. The first-order valence-electron chi connectivity index (χ1n) is 9.98. The summed E-state index contributed by atoms with van der Waals surface area (Å²) in [5, 5.41) is 3.12. The number of carbonyl (C=O) groups is 1. The zero-order valence-electron chi connectivity index (χ0n) is 16.9. The van der Waals surface area contributed by atoms with Gasteiger partial charge >= 0.3 is 0 Å². The number of hydrogen-bond donors (Lipinski definition) is 0. The molecule has 7 heteroatoms. The fraction of sp³-hybridized carbons (Fsp3) is 0.304. The molecule has 1 aromatic carbocycles. The van der Waals surface area contributed by atoms with Crippen LogP contribution < -0.4 is 5.56 Å². The van der Waals surface area contributed by atoms with Crippen LogP contribution in [0.4, 0.5) is 0 Å². The number of thiophene rings is 1. The van der Waals surface area contributed by atoms with Crippen LogP contribution in [-0.2, 0) is 34.3 Å². The number of carbonyl (C=O) groups excluding carboxylic acids is 1. The van der Waals surface area contributed by atoms with Gasteiger partial charge in [0.25, 0.3) is 11.5 Å². The van der Waals surface area contributed by atoms with Crippen LogP contribution in [0.5, 0.6) is 0 Å². The summed E-state index contributed by atoms with van der Waals surface area (Å²) >= 11 is 1.64. The molecule has 4 heterocycles. The van der Waals surface area contributed by atoms with Gasteiger partial charge in [-0.2, -0.15) is 0 Å². The van der Waals surface area contributed by atoms with Gasteiger partial charge in [-0.1, -0.05) is 18.2 Å². The van der Waals surface area contributed by atoms with Crippen LogP contribution in [0.15, 0.2) is 52.0 Å². The van der Waals surface area contributed by atoms with Crippen LogP contribution in [0.1, 0.15) is 18.2 Å². The highest BCUT2D eigenvalue weighted by molar-refractivity contribution is 7.17. The Bertz CT molecular complexity index is 1250. The van der Waals surface area contributed by atoms with E-state index in [1.54, 1.807) is 27.7 Å². The number of hydrogen-bond acceptors (Lipinski definition) is 5. The number of aromatic nitrogens is 1. The normalized spacial score (nSPS) is 16.3. The summed E-state index contributed by atoms with van der Waals surface area (Å²) in [7, 11) is 1.82. The predicted molar refractivity (Wildman–Crippen MR) is 116 cm³/mol. The number of amides is 1. The highest BCUT2D eigenvalue weighted by atomic mass is 32.1. The molecule has 0 saturated carbocycles. The molecule has 2 aliphatic heterocycles. The van der Waals surface area contributed by atoms with E-state index in [1.165, 1.54) is 0 Å². The van der Waals surface area contributed by atoms with E-state index in [2.05, 4.69) is 6.07 Å². The van der Waals surface area contributed by atoms with E-state index < -0.39 is 0 Å².